The lowest BCUT2D eigenvalue weighted by molar-refractivity contribution is 0.608. The van der Waals surface area contributed by atoms with E-state index in [2.05, 4.69) is 31.1 Å². The van der Waals surface area contributed by atoms with Gasteiger partial charge in [0.2, 0.25) is 0 Å². The van der Waals surface area contributed by atoms with Gasteiger partial charge in [0, 0.05) is 6.54 Å². The van der Waals surface area contributed by atoms with E-state index in [9.17, 15) is 5.26 Å². The molecule has 0 bridgehead atoms. The molecule has 6 nitrogen and oxygen atoms in total. The summed E-state index contributed by atoms with van der Waals surface area (Å²) < 4.78 is 0. The summed E-state index contributed by atoms with van der Waals surface area (Å²) in [6, 6.07) is 12.6. The molecule has 0 amide bonds. The Kier molecular flexibility index (Phi) is 3.39. The number of hydrogen-bond acceptors (Lipinski definition) is 5. The van der Waals surface area contributed by atoms with Crippen LogP contribution >= 0.6 is 0 Å². The van der Waals surface area contributed by atoms with Gasteiger partial charge in [-0.2, -0.15) is 10.4 Å². The second kappa shape index (κ2) is 5.69. The lowest BCUT2D eigenvalue weighted by Gasteiger charge is -2.29. The number of nitriles is 1. The third kappa shape index (κ3) is 2.30. The number of aromatic amines is 1. The fourth-order valence-electron chi connectivity index (χ4n) is 3.43. The van der Waals surface area contributed by atoms with Gasteiger partial charge in [0.05, 0.1) is 29.6 Å². The summed E-state index contributed by atoms with van der Waals surface area (Å²) in [6.07, 6.45) is 5.34. The smallest absolute Gasteiger partial charge is 0.160 e. The van der Waals surface area contributed by atoms with E-state index in [-0.39, 0.29) is 12.0 Å². The Bertz CT molecular complexity index is 850. The van der Waals surface area contributed by atoms with Crippen molar-refractivity contribution in [1.29, 1.82) is 5.26 Å². The molecule has 4 rings (SSSR count). The predicted octanol–water partition coefficient (Wildman–Crippen LogP) is 2.63. The van der Waals surface area contributed by atoms with Gasteiger partial charge >= 0.3 is 0 Å². The molecular formula is C17H16N6. The van der Waals surface area contributed by atoms with Crippen LogP contribution in [0, 0.1) is 11.3 Å². The largest absolute Gasteiger partial charge is 0.351 e. The van der Waals surface area contributed by atoms with Gasteiger partial charge in [0.25, 0.3) is 0 Å². The molecule has 3 aromatic rings. The molecule has 2 unspecified atom stereocenters. The molecule has 0 spiro atoms. The Morgan fingerprint density at radius 3 is 2.96 bits per heavy atom. The van der Waals surface area contributed by atoms with Crippen molar-refractivity contribution in [2.75, 3.05) is 11.4 Å². The fraction of sp³-hybridized carbons (Fsp3) is 0.294. The lowest BCUT2D eigenvalue weighted by Crippen LogP contribution is -2.34. The van der Waals surface area contributed by atoms with Crippen molar-refractivity contribution < 1.29 is 0 Å². The van der Waals surface area contributed by atoms with Crippen molar-refractivity contribution in [2.24, 2.45) is 0 Å². The topological polar surface area (TPSA) is 81.5 Å². The van der Waals surface area contributed by atoms with Crippen LogP contribution in [0.3, 0.4) is 0 Å². The highest BCUT2D eigenvalue weighted by Gasteiger charge is 2.34. The highest BCUT2D eigenvalue weighted by molar-refractivity contribution is 5.86. The Morgan fingerprint density at radius 1 is 1.26 bits per heavy atom. The van der Waals surface area contributed by atoms with Gasteiger partial charge in [-0.25, -0.2) is 9.97 Å². The standard InChI is InChI=1S/C17H16N6/c18-9-13(12-5-2-1-3-6-12)15-7-4-8-23(15)17-14-10-21-22-16(14)19-11-20-17/h1-3,5-6,10-11,13,15H,4,7-8H2,(H,19,20,21,22). The fourth-order valence-corrected chi connectivity index (χ4v) is 3.43. The third-order valence-electron chi connectivity index (χ3n) is 4.48. The summed E-state index contributed by atoms with van der Waals surface area (Å²) in [5, 5.41) is 17.6. The number of nitrogens with zero attached hydrogens (tertiary/aromatic N) is 5. The minimum absolute atomic E-state index is 0.121. The number of fused-ring (bicyclic) bond motifs is 1. The van der Waals surface area contributed by atoms with E-state index in [1.54, 1.807) is 12.5 Å². The monoisotopic (exact) mass is 304 g/mol. The van der Waals surface area contributed by atoms with E-state index in [1.807, 2.05) is 30.3 Å². The summed E-state index contributed by atoms with van der Waals surface area (Å²) >= 11 is 0. The van der Waals surface area contributed by atoms with Crippen LogP contribution in [0.15, 0.2) is 42.9 Å². The third-order valence-corrected chi connectivity index (χ3v) is 4.48. The summed E-state index contributed by atoms with van der Waals surface area (Å²) in [5.74, 6) is 0.693. The van der Waals surface area contributed by atoms with Crippen molar-refractivity contribution in [3.63, 3.8) is 0 Å². The van der Waals surface area contributed by atoms with E-state index in [4.69, 9.17) is 0 Å². The number of rotatable bonds is 3. The molecule has 1 aliphatic rings. The lowest BCUT2D eigenvalue weighted by atomic mass is 9.91. The summed E-state index contributed by atoms with van der Waals surface area (Å²) in [4.78, 5) is 10.9. The molecule has 2 aromatic heterocycles. The zero-order chi connectivity index (χ0) is 15.6. The maximum absolute atomic E-state index is 9.75. The first-order chi connectivity index (χ1) is 11.4. The van der Waals surface area contributed by atoms with Gasteiger partial charge in [-0.15, -0.1) is 0 Å². The van der Waals surface area contributed by atoms with E-state index in [0.29, 0.717) is 0 Å². The van der Waals surface area contributed by atoms with Gasteiger partial charge in [0.15, 0.2) is 5.65 Å². The molecule has 23 heavy (non-hydrogen) atoms. The molecule has 0 aliphatic carbocycles. The average molecular weight is 304 g/mol. The Balaban J connectivity index is 1.74. The van der Waals surface area contributed by atoms with Crippen LogP contribution in [-0.2, 0) is 0 Å². The quantitative estimate of drug-likeness (QED) is 0.804. The second-order valence-electron chi connectivity index (χ2n) is 5.75. The molecule has 0 radical (unpaired) electrons. The molecule has 1 N–H and O–H groups in total. The number of anilines is 1. The summed E-state index contributed by atoms with van der Waals surface area (Å²) in [5.41, 5.74) is 1.79. The van der Waals surface area contributed by atoms with Crippen molar-refractivity contribution in [3.05, 3.63) is 48.4 Å². The zero-order valence-corrected chi connectivity index (χ0v) is 12.6. The molecular weight excluding hydrogens is 288 g/mol. The van der Waals surface area contributed by atoms with Crippen molar-refractivity contribution in [1.82, 2.24) is 20.2 Å². The number of benzene rings is 1. The minimum atomic E-state index is -0.171. The minimum Gasteiger partial charge on any atom is -0.351 e. The Labute approximate surface area is 133 Å². The highest BCUT2D eigenvalue weighted by Crippen LogP contribution is 2.35. The Morgan fingerprint density at radius 2 is 2.13 bits per heavy atom. The number of aromatic nitrogens is 4. The molecule has 1 fully saturated rings. The molecule has 1 saturated heterocycles. The maximum Gasteiger partial charge on any atom is 0.160 e. The molecule has 0 saturated carbocycles. The van der Waals surface area contributed by atoms with Crippen LogP contribution < -0.4 is 4.90 Å². The number of hydrogen-bond donors (Lipinski definition) is 1. The molecule has 114 valence electrons. The van der Waals surface area contributed by atoms with Crippen molar-refractivity contribution in [3.8, 4) is 6.07 Å². The second-order valence-corrected chi connectivity index (χ2v) is 5.75. The van der Waals surface area contributed by atoms with E-state index < -0.39 is 0 Å². The van der Waals surface area contributed by atoms with Crippen LogP contribution in [-0.4, -0.2) is 32.8 Å². The number of H-pyrrole nitrogens is 1. The number of nitrogens with one attached hydrogen (secondary N) is 1. The first kappa shape index (κ1) is 13.7. The normalized spacial score (nSPS) is 18.9. The van der Waals surface area contributed by atoms with E-state index in [0.717, 1.165) is 41.8 Å². The molecule has 1 aliphatic heterocycles. The van der Waals surface area contributed by atoms with Gasteiger partial charge in [-0.1, -0.05) is 30.3 Å². The van der Waals surface area contributed by atoms with Crippen LogP contribution in [0.2, 0.25) is 0 Å². The summed E-state index contributed by atoms with van der Waals surface area (Å²) in [7, 11) is 0. The van der Waals surface area contributed by atoms with Gasteiger partial charge in [-0.3, -0.25) is 5.10 Å². The van der Waals surface area contributed by atoms with Crippen molar-refractivity contribution >= 4 is 16.9 Å². The van der Waals surface area contributed by atoms with Crippen LogP contribution in [0.5, 0.6) is 0 Å². The zero-order valence-electron chi connectivity index (χ0n) is 12.6. The van der Waals surface area contributed by atoms with E-state index in [1.165, 1.54) is 0 Å². The maximum atomic E-state index is 9.75. The Hall–Kier alpha value is -2.94. The molecule has 1 aromatic carbocycles. The van der Waals surface area contributed by atoms with Crippen molar-refractivity contribution in [2.45, 2.75) is 24.8 Å². The highest BCUT2D eigenvalue weighted by atomic mass is 15.3. The van der Waals surface area contributed by atoms with Crippen LogP contribution in [0.25, 0.3) is 11.0 Å². The molecule has 6 heteroatoms. The first-order valence-electron chi connectivity index (χ1n) is 7.74. The van der Waals surface area contributed by atoms with Gasteiger partial charge in [-0.05, 0) is 18.4 Å². The SMILES string of the molecule is N#CC(c1ccccc1)C1CCCN1c1ncnc2[nH]ncc12. The van der Waals surface area contributed by atoms with Gasteiger partial charge < -0.3 is 4.90 Å². The predicted molar refractivity (Wildman–Crippen MR) is 86.8 cm³/mol. The average Bonchev–Trinajstić information content (AvgIpc) is 3.25. The van der Waals surface area contributed by atoms with Crippen LogP contribution in [0.1, 0.15) is 24.3 Å². The van der Waals surface area contributed by atoms with E-state index >= 15 is 0 Å². The first-order valence-corrected chi connectivity index (χ1v) is 7.74. The summed E-state index contributed by atoms with van der Waals surface area (Å²) in [6.45, 7) is 0.896. The molecule has 3 heterocycles. The molecule has 2 atom stereocenters. The van der Waals surface area contributed by atoms with Gasteiger partial charge in [0.1, 0.15) is 12.1 Å². The van der Waals surface area contributed by atoms with Crippen LogP contribution in [0.4, 0.5) is 5.82 Å².